The highest BCUT2D eigenvalue weighted by atomic mass is 32.2. The molecule has 2 aromatic carbocycles. The molecule has 23 heavy (non-hydrogen) atoms. The van der Waals surface area contributed by atoms with Crippen LogP contribution in [0.4, 0.5) is 0 Å². The smallest absolute Gasteiger partial charge is 0.246 e. The molecule has 1 aliphatic rings. The van der Waals surface area contributed by atoms with E-state index in [2.05, 4.69) is 0 Å². The Labute approximate surface area is 136 Å². The van der Waals surface area contributed by atoms with E-state index in [1.165, 1.54) is 11.0 Å². The zero-order valence-electron chi connectivity index (χ0n) is 13.0. The quantitative estimate of drug-likeness (QED) is 0.813. The fourth-order valence-corrected chi connectivity index (χ4v) is 4.71. The van der Waals surface area contributed by atoms with Crippen LogP contribution in [0.3, 0.4) is 0 Å². The highest BCUT2D eigenvalue weighted by molar-refractivity contribution is 7.91. The fraction of sp³-hybridized carbons (Fsp3) is 0.278. The van der Waals surface area contributed by atoms with Crippen molar-refractivity contribution in [3.8, 4) is 0 Å². The molecule has 0 N–H and O–H groups in total. The Morgan fingerprint density at radius 1 is 1.17 bits per heavy atom. The number of fused-ring (bicyclic) bond motifs is 1. The second-order valence-electron chi connectivity index (χ2n) is 5.91. The van der Waals surface area contributed by atoms with Gasteiger partial charge in [-0.25, -0.2) is 8.42 Å². The highest BCUT2D eigenvalue weighted by Crippen LogP contribution is 2.20. The van der Waals surface area contributed by atoms with Crippen LogP contribution in [-0.4, -0.2) is 43.8 Å². The van der Waals surface area contributed by atoms with Gasteiger partial charge < -0.3 is 4.90 Å². The van der Waals surface area contributed by atoms with E-state index >= 15 is 0 Å². The van der Waals surface area contributed by atoms with Crippen molar-refractivity contribution in [2.75, 3.05) is 18.6 Å². The molecule has 0 aromatic heterocycles. The van der Waals surface area contributed by atoms with Crippen LogP contribution in [0, 0.1) is 0 Å². The molecular formula is C18H19NO3S. The average molecular weight is 329 g/mol. The van der Waals surface area contributed by atoms with Crippen molar-refractivity contribution in [1.82, 2.24) is 4.90 Å². The fourth-order valence-electron chi connectivity index (χ4n) is 2.94. The van der Waals surface area contributed by atoms with E-state index < -0.39 is 9.84 Å². The maximum atomic E-state index is 12.3. The van der Waals surface area contributed by atoms with E-state index in [1.54, 1.807) is 13.1 Å². The van der Waals surface area contributed by atoms with Gasteiger partial charge in [-0.1, -0.05) is 42.5 Å². The van der Waals surface area contributed by atoms with Crippen LogP contribution in [-0.2, 0) is 14.6 Å². The monoisotopic (exact) mass is 329 g/mol. The predicted molar refractivity (Wildman–Crippen MR) is 92.8 cm³/mol. The van der Waals surface area contributed by atoms with E-state index in [0.29, 0.717) is 6.42 Å². The first-order valence-electron chi connectivity index (χ1n) is 7.59. The maximum Gasteiger partial charge on any atom is 0.246 e. The maximum absolute atomic E-state index is 12.3. The summed E-state index contributed by atoms with van der Waals surface area (Å²) in [5, 5.41) is 2.21. The molecule has 1 fully saturated rings. The molecule has 0 bridgehead atoms. The number of benzene rings is 2. The molecule has 2 aromatic rings. The van der Waals surface area contributed by atoms with Crippen LogP contribution in [0.25, 0.3) is 16.8 Å². The van der Waals surface area contributed by atoms with Gasteiger partial charge in [-0.2, -0.15) is 0 Å². The third-order valence-electron chi connectivity index (χ3n) is 4.33. The molecule has 1 heterocycles. The molecule has 1 saturated heterocycles. The van der Waals surface area contributed by atoms with Crippen LogP contribution < -0.4 is 0 Å². The van der Waals surface area contributed by atoms with Crippen molar-refractivity contribution in [2.45, 2.75) is 12.5 Å². The van der Waals surface area contributed by atoms with Crippen molar-refractivity contribution in [3.05, 3.63) is 54.1 Å². The first-order valence-corrected chi connectivity index (χ1v) is 9.41. The molecule has 0 aliphatic carbocycles. The highest BCUT2D eigenvalue weighted by Gasteiger charge is 2.31. The molecule has 120 valence electrons. The number of amides is 1. The molecule has 0 spiro atoms. The topological polar surface area (TPSA) is 54.5 Å². The Bertz CT molecular complexity index is 865. The summed E-state index contributed by atoms with van der Waals surface area (Å²) in [5.74, 6) is 0.0692. The predicted octanol–water partition coefficient (Wildman–Crippen LogP) is 2.50. The lowest BCUT2D eigenvalue weighted by Crippen LogP contribution is -2.36. The second-order valence-corrected chi connectivity index (χ2v) is 8.14. The van der Waals surface area contributed by atoms with Gasteiger partial charge in [-0.3, -0.25) is 4.79 Å². The summed E-state index contributed by atoms with van der Waals surface area (Å²) in [4.78, 5) is 13.8. The van der Waals surface area contributed by atoms with Crippen molar-refractivity contribution < 1.29 is 13.2 Å². The molecular weight excluding hydrogens is 310 g/mol. The molecule has 1 atom stereocenters. The minimum Gasteiger partial charge on any atom is -0.338 e. The van der Waals surface area contributed by atoms with Gasteiger partial charge in [-0.15, -0.1) is 0 Å². The summed E-state index contributed by atoms with van der Waals surface area (Å²) in [6.45, 7) is 0. The number of sulfone groups is 1. The van der Waals surface area contributed by atoms with Crippen molar-refractivity contribution in [1.29, 1.82) is 0 Å². The van der Waals surface area contributed by atoms with Gasteiger partial charge in [0.2, 0.25) is 5.91 Å². The van der Waals surface area contributed by atoms with Crippen molar-refractivity contribution in [3.63, 3.8) is 0 Å². The molecule has 1 unspecified atom stereocenters. The van der Waals surface area contributed by atoms with Gasteiger partial charge in [0, 0.05) is 19.2 Å². The van der Waals surface area contributed by atoms with Crippen LogP contribution >= 0.6 is 0 Å². The largest absolute Gasteiger partial charge is 0.338 e. The van der Waals surface area contributed by atoms with Gasteiger partial charge in [0.1, 0.15) is 0 Å². The number of carbonyl (C=O) groups excluding carboxylic acids is 1. The molecule has 1 amide bonds. The Balaban J connectivity index is 1.78. The molecule has 1 aliphatic heterocycles. The standard InChI is InChI=1S/C18H19NO3S/c1-19(16-11-12-23(21,22)13-16)18(20)10-9-15-7-4-6-14-5-2-3-8-17(14)15/h2-10,16H,11-13H2,1H3/b10-9+. The molecule has 5 heteroatoms. The van der Waals surface area contributed by atoms with E-state index in [0.717, 1.165) is 16.3 Å². The molecule has 3 rings (SSSR count). The Morgan fingerprint density at radius 2 is 1.91 bits per heavy atom. The zero-order chi connectivity index (χ0) is 16.4. The summed E-state index contributed by atoms with van der Waals surface area (Å²) in [7, 11) is -1.32. The lowest BCUT2D eigenvalue weighted by Gasteiger charge is -2.21. The minimum absolute atomic E-state index is 0.0668. The minimum atomic E-state index is -2.99. The third kappa shape index (κ3) is 3.45. The normalized spacial score (nSPS) is 20.1. The first-order chi connectivity index (χ1) is 11.0. The second kappa shape index (κ2) is 6.16. The summed E-state index contributed by atoms with van der Waals surface area (Å²) >= 11 is 0. The van der Waals surface area contributed by atoms with Gasteiger partial charge in [0.15, 0.2) is 9.84 Å². The van der Waals surface area contributed by atoms with E-state index in [1.807, 2.05) is 42.5 Å². The number of carbonyl (C=O) groups is 1. The molecule has 4 nitrogen and oxygen atoms in total. The number of nitrogens with zero attached hydrogens (tertiary/aromatic N) is 1. The lowest BCUT2D eigenvalue weighted by molar-refractivity contribution is -0.126. The molecule has 0 saturated carbocycles. The van der Waals surface area contributed by atoms with Gasteiger partial charge in [-0.05, 0) is 28.8 Å². The Hall–Kier alpha value is -2.14. The summed E-state index contributed by atoms with van der Waals surface area (Å²) < 4.78 is 23.1. The average Bonchev–Trinajstić information content (AvgIpc) is 2.91. The van der Waals surface area contributed by atoms with Crippen molar-refractivity contribution >= 4 is 32.6 Å². The summed E-state index contributed by atoms with van der Waals surface area (Å²) in [6.07, 6.45) is 3.84. The summed E-state index contributed by atoms with van der Waals surface area (Å²) in [5.41, 5.74) is 0.976. The Kier molecular flexibility index (Phi) is 4.22. The van der Waals surface area contributed by atoms with Gasteiger partial charge in [0.25, 0.3) is 0 Å². The third-order valence-corrected chi connectivity index (χ3v) is 6.08. The molecule has 0 radical (unpaired) electrons. The van der Waals surface area contributed by atoms with Crippen molar-refractivity contribution in [2.24, 2.45) is 0 Å². The number of rotatable bonds is 3. The van der Waals surface area contributed by atoms with Gasteiger partial charge >= 0.3 is 0 Å². The van der Waals surface area contributed by atoms with E-state index in [9.17, 15) is 13.2 Å². The van der Waals surface area contributed by atoms with E-state index in [4.69, 9.17) is 0 Å². The number of hydrogen-bond acceptors (Lipinski definition) is 3. The first kappa shape index (κ1) is 15.7. The summed E-state index contributed by atoms with van der Waals surface area (Å²) in [6, 6.07) is 13.7. The van der Waals surface area contributed by atoms with Crippen LogP contribution in [0.5, 0.6) is 0 Å². The van der Waals surface area contributed by atoms with Crippen LogP contribution in [0.1, 0.15) is 12.0 Å². The number of hydrogen-bond donors (Lipinski definition) is 0. The Morgan fingerprint density at radius 3 is 2.65 bits per heavy atom. The lowest BCUT2D eigenvalue weighted by atomic mass is 10.0. The van der Waals surface area contributed by atoms with Crippen LogP contribution in [0.15, 0.2) is 48.5 Å². The zero-order valence-corrected chi connectivity index (χ0v) is 13.8. The SMILES string of the molecule is CN(C(=O)/C=C/c1cccc2ccccc12)C1CCS(=O)(=O)C1. The number of likely N-dealkylation sites (N-methyl/N-ethyl adjacent to an activating group) is 1. The van der Waals surface area contributed by atoms with Crippen LogP contribution in [0.2, 0.25) is 0 Å². The van der Waals surface area contributed by atoms with Gasteiger partial charge in [0.05, 0.1) is 11.5 Å². The van der Waals surface area contributed by atoms with E-state index in [-0.39, 0.29) is 23.5 Å².